The van der Waals surface area contributed by atoms with Gasteiger partial charge in [0.2, 0.25) is 0 Å². The van der Waals surface area contributed by atoms with Gasteiger partial charge < -0.3 is 0 Å². The van der Waals surface area contributed by atoms with Crippen LogP contribution in [0, 0.1) is 0 Å². The summed E-state index contributed by atoms with van der Waals surface area (Å²) in [7, 11) is 0. The molecule has 0 bridgehead atoms. The molecule has 0 spiro atoms. The standard InChI is InChI=1S/C4H4O4/c5-3-1-2-4(6)8-7/h1-3,7H/b2-1+. The van der Waals surface area contributed by atoms with E-state index in [-0.39, 0.29) is 0 Å². The molecule has 0 aliphatic rings. The van der Waals surface area contributed by atoms with Crippen LogP contribution in [0.5, 0.6) is 0 Å². The van der Waals surface area contributed by atoms with Crippen molar-refractivity contribution < 1.29 is 19.7 Å². The first-order chi connectivity index (χ1) is 3.81. The molecule has 44 valence electrons. The highest BCUT2D eigenvalue weighted by molar-refractivity contribution is 5.85. The number of allylic oxidation sites excluding steroid dienone is 1. The first kappa shape index (κ1) is 6.84. The van der Waals surface area contributed by atoms with Crippen LogP contribution in [0.4, 0.5) is 0 Å². The second-order valence-electron chi connectivity index (χ2n) is 0.906. The predicted molar refractivity (Wildman–Crippen MR) is 23.9 cm³/mol. The average Bonchev–Trinajstić information content (AvgIpc) is 1.83. The Balaban J connectivity index is 3.52. The van der Waals surface area contributed by atoms with Crippen LogP contribution in [0.25, 0.3) is 0 Å². The molecular weight excluding hydrogens is 112 g/mol. The van der Waals surface area contributed by atoms with Gasteiger partial charge in [0.25, 0.3) is 0 Å². The third kappa shape index (κ3) is 3.05. The highest BCUT2D eigenvalue weighted by Crippen LogP contribution is 1.72. The summed E-state index contributed by atoms with van der Waals surface area (Å²) in [4.78, 5) is 22.5. The molecule has 0 saturated heterocycles. The largest absolute Gasteiger partial charge is 0.365 e. The molecule has 0 heterocycles. The quantitative estimate of drug-likeness (QED) is 0.234. The zero-order chi connectivity index (χ0) is 6.41. The summed E-state index contributed by atoms with van der Waals surface area (Å²) >= 11 is 0. The first-order valence-electron chi connectivity index (χ1n) is 1.78. The van der Waals surface area contributed by atoms with Gasteiger partial charge in [0.1, 0.15) is 6.29 Å². The molecule has 0 rings (SSSR count). The number of aldehydes is 1. The molecule has 0 saturated carbocycles. The van der Waals surface area contributed by atoms with Crippen molar-refractivity contribution in [2.45, 2.75) is 0 Å². The summed E-state index contributed by atoms with van der Waals surface area (Å²) in [5, 5.41) is 7.54. The number of rotatable bonds is 2. The molecule has 0 aliphatic heterocycles. The Kier molecular flexibility index (Phi) is 3.43. The third-order valence-corrected chi connectivity index (χ3v) is 0.401. The molecule has 1 N–H and O–H groups in total. The van der Waals surface area contributed by atoms with Crippen LogP contribution in [-0.4, -0.2) is 17.5 Å². The molecule has 0 fully saturated rings. The van der Waals surface area contributed by atoms with Gasteiger partial charge in [0.15, 0.2) is 0 Å². The van der Waals surface area contributed by atoms with E-state index >= 15 is 0 Å². The van der Waals surface area contributed by atoms with Gasteiger partial charge in [-0.05, 0) is 6.08 Å². The van der Waals surface area contributed by atoms with Gasteiger partial charge in [-0.2, -0.15) is 5.26 Å². The van der Waals surface area contributed by atoms with Crippen molar-refractivity contribution in [2.24, 2.45) is 0 Å². The summed E-state index contributed by atoms with van der Waals surface area (Å²) in [6.45, 7) is 0. The molecule has 0 radical (unpaired) electrons. The van der Waals surface area contributed by atoms with Gasteiger partial charge in [-0.1, -0.05) is 0 Å². The smallest absolute Gasteiger partial charge is 0.299 e. The SMILES string of the molecule is O=C/C=C/C(=O)OO. The van der Waals surface area contributed by atoms with E-state index in [0.717, 1.165) is 12.2 Å². The monoisotopic (exact) mass is 116 g/mol. The van der Waals surface area contributed by atoms with Crippen LogP contribution in [0.3, 0.4) is 0 Å². The number of hydrogen-bond donors (Lipinski definition) is 1. The lowest BCUT2D eigenvalue weighted by Crippen LogP contribution is -1.93. The first-order valence-corrected chi connectivity index (χ1v) is 1.78. The van der Waals surface area contributed by atoms with Crippen LogP contribution in [0.2, 0.25) is 0 Å². The minimum Gasteiger partial charge on any atom is -0.299 e. The van der Waals surface area contributed by atoms with E-state index in [9.17, 15) is 9.59 Å². The minimum absolute atomic E-state index is 0.400. The Morgan fingerprint density at radius 2 is 2.25 bits per heavy atom. The fraction of sp³-hybridized carbons (Fsp3) is 0. The normalized spacial score (nSPS) is 9.12. The number of carbonyl (C=O) groups excluding carboxylic acids is 2. The molecule has 0 unspecified atom stereocenters. The van der Waals surface area contributed by atoms with Crippen LogP contribution < -0.4 is 0 Å². The fourth-order valence-corrected chi connectivity index (χ4v) is 0.148. The van der Waals surface area contributed by atoms with E-state index in [1.54, 1.807) is 0 Å². The van der Waals surface area contributed by atoms with E-state index in [2.05, 4.69) is 4.89 Å². The van der Waals surface area contributed by atoms with Crippen molar-refractivity contribution >= 4 is 12.3 Å². The molecule has 0 atom stereocenters. The molecule has 0 aliphatic carbocycles. The average molecular weight is 116 g/mol. The summed E-state index contributed by atoms with van der Waals surface area (Å²) in [5.41, 5.74) is 0. The third-order valence-electron chi connectivity index (χ3n) is 0.401. The van der Waals surface area contributed by atoms with E-state index in [1.807, 2.05) is 0 Å². The fourth-order valence-electron chi connectivity index (χ4n) is 0.148. The minimum atomic E-state index is -0.961. The van der Waals surface area contributed by atoms with Gasteiger partial charge in [-0.25, -0.2) is 4.79 Å². The maximum atomic E-state index is 9.85. The zero-order valence-corrected chi connectivity index (χ0v) is 3.90. The molecule has 0 aromatic rings. The van der Waals surface area contributed by atoms with Gasteiger partial charge >= 0.3 is 5.97 Å². The van der Waals surface area contributed by atoms with E-state index in [1.165, 1.54) is 0 Å². The molecule has 0 aromatic carbocycles. The molecular formula is C4H4O4. The van der Waals surface area contributed by atoms with Crippen LogP contribution >= 0.6 is 0 Å². The molecule has 4 heteroatoms. The van der Waals surface area contributed by atoms with Crippen molar-refractivity contribution in [3.8, 4) is 0 Å². The van der Waals surface area contributed by atoms with Gasteiger partial charge in [0, 0.05) is 6.08 Å². The topological polar surface area (TPSA) is 63.6 Å². The highest BCUT2D eigenvalue weighted by Gasteiger charge is 1.88. The number of carbonyl (C=O) groups is 2. The Morgan fingerprint density at radius 1 is 1.62 bits per heavy atom. The number of hydrogen-bond acceptors (Lipinski definition) is 4. The molecule has 8 heavy (non-hydrogen) atoms. The van der Waals surface area contributed by atoms with Crippen LogP contribution in [0.15, 0.2) is 12.2 Å². The van der Waals surface area contributed by atoms with E-state index < -0.39 is 5.97 Å². The van der Waals surface area contributed by atoms with Crippen LogP contribution in [0.1, 0.15) is 0 Å². The Labute approximate surface area is 45.3 Å². The van der Waals surface area contributed by atoms with Crippen molar-refractivity contribution in [3.63, 3.8) is 0 Å². The van der Waals surface area contributed by atoms with Gasteiger partial charge in [-0.15, -0.1) is 0 Å². The zero-order valence-electron chi connectivity index (χ0n) is 3.90. The second kappa shape index (κ2) is 4.01. The molecule has 0 amide bonds. The summed E-state index contributed by atoms with van der Waals surface area (Å²) in [6.07, 6.45) is 2.11. The van der Waals surface area contributed by atoms with E-state index in [0.29, 0.717) is 6.29 Å². The van der Waals surface area contributed by atoms with Crippen LogP contribution in [-0.2, 0) is 14.5 Å². The van der Waals surface area contributed by atoms with E-state index in [4.69, 9.17) is 5.26 Å². The van der Waals surface area contributed by atoms with Crippen molar-refractivity contribution in [1.82, 2.24) is 0 Å². The maximum Gasteiger partial charge on any atom is 0.365 e. The molecule has 0 aromatic heterocycles. The Morgan fingerprint density at radius 3 is 2.62 bits per heavy atom. The predicted octanol–water partition coefficient (Wildman–Crippen LogP) is -0.242. The lowest BCUT2D eigenvalue weighted by Gasteiger charge is -1.80. The Hall–Kier alpha value is -1.16. The second-order valence-corrected chi connectivity index (χ2v) is 0.906. The molecule has 4 nitrogen and oxygen atoms in total. The lowest BCUT2D eigenvalue weighted by molar-refractivity contribution is -0.228. The summed E-state index contributed by atoms with van der Waals surface area (Å²) < 4.78 is 0. The van der Waals surface area contributed by atoms with Gasteiger partial charge in [0.05, 0.1) is 0 Å². The summed E-state index contributed by atoms with van der Waals surface area (Å²) in [6, 6.07) is 0. The van der Waals surface area contributed by atoms with Gasteiger partial charge in [-0.3, -0.25) is 9.68 Å². The highest BCUT2D eigenvalue weighted by atomic mass is 17.1. The maximum absolute atomic E-state index is 9.85. The van der Waals surface area contributed by atoms with Crippen molar-refractivity contribution in [3.05, 3.63) is 12.2 Å². The van der Waals surface area contributed by atoms with Crippen molar-refractivity contribution in [1.29, 1.82) is 0 Å². The summed E-state index contributed by atoms with van der Waals surface area (Å²) in [5.74, 6) is -0.961. The Bertz CT molecular complexity index is 115. The lowest BCUT2D eigenvalue weighted by atomic mass is 10.5. The van der Waals surface area contributed by atoms with Crippen molar-refractivity contribution in [2.75, 3.05) is 0 Å².